The van der Waals surface area contributed by atoms with Crippen LogP contribution in [-0.2, 0) is 26.2 Å². The summed E-state index contributed by atoms with van der Waals surface area (Å²) in [6.07, 6.45) is 4.62. The molecule has 13 nitrogen and oxygen atoms in total. The largest absolute Gasteiger partial charge is 0.504 e. The molecule has 4 aromatic rings. The van der Waals surface area contributed by atoms with Gasteiger partial charge in [0, 0.05) is 11.3 Å². The number of para-hydroxylation sites is 1. The summed E-state index contributed by atoms with van der Waals surface area (Å²) in [7, 11) is -2.42. The Balaban J connectivity index is 1.32. The lowest BCUT2D eigenvalue weighted by atomic mass is 10.2. The SMILES string of the molecule is COc1cc(/C=N\N=C2\S/C(=C\c3ccccc3OCC(=O)Nc3ccc(S(N)(=O)=O)cc3)C(=O)N2Cc2ccco2)ccc1O. The molecular weight excluding hydrogens is 635 g/mol. The Kier molecular flexibility index (Phi) is 9.85. The molecule has 1 fully saturated rings. The van der Waals surface area contributed by atoms with Crippen LogP contribution in [0.5, 0.6) is 17.2 Å². The molecule has 2 amide bonds. The topological polar surface area (TPSA) is 186 Å². The van der Waals surface area contributed by atoms with Gasteiger partial charge in [0.2, 0.25) is 10.0 Å². The van der Waals surface area contributed by atoms with Crippen LogP contribution in [-0.4, -0.2) is 55.3 Å². The lowest BCUT2D eigenvalue weighted by Gasteiger charge is -2.12. The van der Waals surface area contributed by atoms with Crippen molar-refractivity contribution in [3.05, 3.63) is 107 Å². The fourth-order valence-electron chi connectivity index (χ4n) is 4.14. The van der Waals surface area contributed by atoms with Crippen LogP contribution in [0.15, 0.2) is 110 Å². The Hall–Kier alpha value is -5.38. The van der Waals surface area contributed by atoms with Crippen molar-refractivity contribution in [2.75, 3.05) is 19.0 Å². The summed E-state index contributed by atoms with van der Waals surface area (Å²) in [4.78, 5) is 27.8. The van der Waals surface area contributed by atoms with Gasteiger partial charge >= 0.3 is 0 Å². The number of amides is 2. The second-order valence-corrected chi connectivity index (χ2v) is 12.2. The first-order valence-electron chi connectivity index (χ1n) is 13.5. The van der Waals surface area contributed by atoms with Gasteiger partial charge in [-0.2, -0.15) is 5.10 Å². The third-order valence-electron chi connectivity index (χ3n) is 6.37. The number of thioether (sulfide) groups is 1. The van der Waals surface area contributed by atoms with Gasteiger partial charge in [-0.05, 0) is 84.1 Å². The third-order valence-corrected chi connectivity index (χ3v) is 8.29. The molecule has 0 bridgehead atoms. The summed E-state index contributed by atoms with van der Waals surface area (Å²) in [5, 5.41) is 26.3. The fourth-order valence-corrected chi connectivity index (χ4v) is 5.58. The number of benzene rings is 3. The number of carbonyl (C=O) groups excluding carboxylic acids is 2. The van der Waals surface area contributed by atoms with Crippen LogP contribution in [0.1, 0.15) is 16.9 Å². The molecule has 0 unspecified atom stereocenters. The monoisotopic (exact) mass is 661 g/mol. The quantitative estimate of drug-likeness (QED) is 0.121. The predicted octanol–water partition coefficient (Wildman–Crippen LogP) is 4.17. The molecule has 0 aliphatic carbocycles. The molecular formula is C31H27N5O8S2. The van der Waals surface area contributed by atoms with Crippen LogP contribution in [0.4, 0.5) is 5.69 Å². The first-order valence-corrected chi connectivity index (χ1v) is 15.8. The van der Waals surface area contributed by atoms with Crippen molar-refractivity contribution < 1.29 is 37.0 Å². The number of carbonyl (C=O) groups is 2. The molecule has 2 heterocycles. The summed E-state index contributed by atoms with van der Waals surface area (Å²) in [5.41, 5.74) is 1.53. The summed E-state index contributed by atoms with van der Waals surface area (Å²) < 4.78 is 39.3. The van der Waals surface area contributed by atoms with E-state index in [1.54, 1.807) is 54.6 Å². The number of aromatic hydroxyl groups is 1. The van der Waals surface area contributed by atoms with Crippen LogP contribution >= 0.6 is 11.8 Å². The molecule has 4 N–H and O–H groups in total. The first kappa shape index (κ1) is 32.0. The molecule has 1 aliphatic rings. The average Bonchev–Trinajstić information content (AvgIpc) is 3.65. The molecule has 236 valence electrons. The van der Waals surface area contributed by atoms with E-state index in [1.807, 2.05) is 0 Å². The second-order valence-electron chi connectivity index (χ2n) is 9.58. The number of furan rings is 1. The number of sulfonamides is 1. The Bertz CT molecular complexity index is 1940. The van der Waals surface area contributed by atoms with E-state index in [9.17, 15) is 23.1 Å². The van der Waals surface area contributed by atoms with Gasteiger partial charge in [-0.3, -0.25) is 14.5 Å². The highest BCUT2D eigenvalue weighted by atomic mass is 32.2. The van der Waals surface area contributed by atoms with E-state index in [4.69, 9.17) is 19.0 Å². The van der Waals surface area contributed by atoms with E-state index in [1.165, 1.54) is 54.8 Å². The molecule has 1 aromatic heterocycles. The number of phenols is 1. The molecule has 5 rings (SSSR count). The number of nitrogens with one attached hydrogen (secondary N) is 1. The van der Waals surface area contributed by atoms with E-state index >= 15 is 0 Å². The summed E-state index contributed by atoms with van der Waals surface area (Å²) in [5.74, 6) is 0.347. The van der Waals surface area contributed by atoms with E-state index in [2.05, 4.69) is 15.5 Å². The highest BCUT2D eigenvalue weighted by Gasteiger charge is 2.34. The maximum absolute atomic E-state index is 13.5. The molecule has 15 heteroatoms. The van der Waals surface area contributed by atoms with Gasteiger partial charge in [-0.25, -0.2) is 13.6 Å². The zero-order valence-electron chi connectivity index (χ0n) is 24.2. The summed E-state index contributed by atoms with van der Waals surface area (Å²) >= 11 is 1.11. The lowest BCUT2D eigenvalue weighted by molar-refractivity contribution is -0.122. The molecule has 1 aliphatic heterocycles. The van der Waals surface area contributed by atoms with Gasteiger partial charge in [0.05, 0.1) is 35.9 Å². The van der Waals surface area contributed by atoms with Gasteiger partial charge < -0.3 is 24.3 Å². The highest BCUT2D eigenvalue weighted by molar-refractivity contribution is 8.18. The normalized spacial score (nSPS) is 15.2. The lowest BCUT2D eigenvalue weighted by Crippen LogP contribution is -2.28. The summed E-state index contributed by atoms with van der Waals surface area (Å²) in [6, 6.07) is 20.5. The van der Waals surface area contributed by atoms with Gasteiger partial charge in [0.1, 0.15) is 11.5 Å². The van der Waals surface area contributed by atoms with Gasteiger partial charge in [-0.1, -0.05) is 18.2 Å². The highest BCUT2D eigenvalue weighted by Crippen LogP contribution is 2.35. The van der Waals surface area contributed by atoms with Gasteiger partial charge in [-0.15, -0.1) is 5.10 Å². The van der Waals surface area contributed by atoms with Crippen molar-refractivity contribution in [1.82, 2.24) is 4.90 Å². The number of ether oxygens (including phenoxy) is 2. The van der Waals surface area contributed by atoms with Crippen molar-refractivity contribution in [2.45, 2.75) is 11.4 Å². The maximum Gasteiger partial charge on any atom is 0.267 e. The van der Waals surface area contributed by atoms with Crippen molar-refractivity contribution >= 4 is 56.7 Å². The molecule has 0 saturated carbocycles. The minimum absolute atomic E-state index is 0.00987. The number of nitrogens with zero attached hydrogens (tertiary/aromatic N) is 3. The van der Waals surface area contributed by atoms with Crippen molar-refractivity contribution in [1.29, 1.82) is 0 Å². The first-order chi connectivity index (χ1) is 22.1. The Morgan fingerprint density at radius 1 is 1.09 bits per heavy atom. The zero-order chi connectivity index (χ0) is 32.7. The number of phenolic OH excluding ortho intramolecular Hbond substituents is 1. The third kappa shape index (κ3) is 8.01. The van der Waals surface area contributed by atoms with Crippen LogP contribution in [0.3, 0.4) is 0 Å². The number of nitrogens with two attached hydrogens (primary N) is 1. The van der Waals surface area contributed by atoms with Gasteiger partial charge in [0.25, 0.3) is 11.8 Å². The van der Waals surface area contributed by atoms with Crippen LogP contribution in [0, 0.1) is 0 Å². The minimum atomic E-state index is -3.86. The fraction of sp³-hybridized carbons (Fsp3) is 0.0968. The molecule has 0 spiro atoms. The number of amidine groups is 1. The van der Waals surface area contributed by atoms with Crippen LogP contribution in [0.25, 0.3) is 6.08 Å². The number of anilines is 1. The zero-order valence-corrected chi connectivity index (χ0v) is 25.8. The van der Waals surface area contributed by atoms with Crippen molar-refractivity contribution in [3.63, 3.8) is 0 Å². The smallest absolute Gasteiger partial charge is 0.267 e. The molecule has 0 atom stereocenters. The maximum atomic E-state index is 13.5. The number of rotatable bonds is 11. The predicted molar refractivity (Wildman–Crippen MR) is 173 cm³/mol. The van der Waals surface area contributed by atoms with Crippen molar-refractivity contribution in [3.8, 4) is 17.2 Å². The van der Waals surface area contributed by atoms with Gasteiger partial charge in [0.15, 0.2) is 23.3 Å². The average molecular weight is 662 g/mol. The number of methoxy groups -OCH3 is 1. The van der Waals surface area contributed by atoms with E-state index in [-0.39, 0.29) is 35.5 Å². The van der Waals surface area contributed by atoms with E-state index in [0.717, 1.165) is 11.8 Å². The Morgan fingerprint density at radius 2 is 1.87 bits per heavy atom. The number of hydrogen-bond donors (Lipinski definition) is 3. The Labute approximate surface area is 268 Å². The van der Waals surface area contributed by atoms with E-state index < -0.39 is 15.9 Å². The molecule has 0 radical (unpaired) electrons. The molecule has 46 heavy (non-hydrogen) atoms. The molecule has 3 aromatic carbocycles. The van der Waals surface area contributed by atoms with Crippen LogP contribution < -0.4 is 19.9 Å². The number of hydrogen-bond acceptors (Lipinski definition) is 11. The minimum Gasteiger partial charge on any atom is -0.504 e. The van der Waals surface area contributed by atoms with Crippen molar-refractivity contribution in [2.24, 2.45) is 15.3 Å². The standard InChI is InChI=1S/C31H27N5O8S2/c1-42-27-15-20(8-13-25(27)37)17-33-35-31-36(18-23-6-4-14-43-23)30(39)28(45-31)16-21-5-2-3-7-26(21)44-19-29(38)34-22-9-11-24(12-10-22)46(32,40)41/h2-17,37H,18-19H2,1H3,(H,34,38)(H2,32,40,41)/b28-16-,33-17-,35-31+. The van der Waals surface area contributed by atoms with E-state index in [0.29, 0.717) is 38.4 Å². The Morgan fingerprint density at radius 3 is 2.59 bits per heavy atom. The second kappa shape index (κ2) is 14.2. The summed E-state index contributed by atoms with van der Waals surface area (Å²) in [6.45, 7) is -0.236. The molecule has 1 saturated heterocycles. The van der Waals surface area contributed by atoms with Crippen LogP contribution in [0.2, 0.25) is 0 Å². The number of primary sulfonamides is 1.